The molecule has 0 unspecified atom stereocenters. The van der Waals surface area contributed by atoms with Gasteiger partial charge in [0.15, 0.2) is 0 Å². The molecule has 1 aliphatic rings. The minimum atomic E-state index is 0.524. The zero-order valence-electron chi connectivity index (χ0n) is 39.1. The second kappa shape index (κ2) is 15.7. The summed E-state index contributed by atoms with van der Waals surface area (Å²) in [5, 5.41) is 18.3. The van der Waals surface area contributed by atoms with Gasteiger partial charge in [0, 0.05) is 80.8 Å². The lowest BCUT2D eigenvalue weighted by molar-refractivity contribution is 0.949. The molecular weight excluding hydrogens is 869 g/mol. The van der Waals surface area contributed by atoms with Gasteiger partial charge in [-0.15, -0.1) is 0 Å². The lowest BCUT2D eigenvalue weighted by Crippen LogP contribution is -2.24. The fourth-order valence-corrected chi connectivity index (χ4v) is 11.4. The number of para-hydroxylation sites is 7. The molecule has 0 spiro atoms. The van der Waals surface area contributed by atoms with Crippen LogP contribution in [0.2, 0.25) is 0 Å². The summed E-state index contributed by atoms with van der Waals surface area (Å²) in [6.45, 7) is 0.780. The van der Waals surface area contributed by atoms with Crippen LogP contribution in [-0.4, -0.2) is 39.4 Å². The molecule has 0 amide bonds. The summed E-state index contributed by atoms with van der Waals surface area (Å²) in [5.74, 6) is 0.669. The Balaban J connectivity index is 0.964. The lowest BCUT2D eigenvalue weighted by atomic mass is 9.97. The number of aromatic nitrogens is 4. The maximum atomic E-state index is 11.5. The number of nitrogens with zero attached hydrogens (tertiary/aromatic N) is 8. The van der Waals surface area contributed by atoms with E-state index in [1.54, 1.807) is 0 Å². The van der Waals surface area contributed by atoms with Gasteiger partial charge in [0.1, 0.15) is 5.82 Å². The Hall–Kier alpha value is -9.58. The van der Waals surface area contributed by atoms with Crippen molar-refractivity contribution >= 4 is 93.9 Å². The summed E-state index contributed by atoms with van der Waals surface area (Å²) < 4.78 is 6.93. The molecule has 8 nitrogen and oxygen atoms in total. The second-order valence-corrected chi connectivity index (χ2v) is 18.5. The van der Waals surface area contributed by atoms with E-state index >= 15 is 0 Å². The number of anilines is 5. The summed E-state index contributed by atoms with van der Waals surface area (Å²) in [7, 11) is 4.27. The quantitative estimate of drug-likeness (QED) is 0.159. The lowest BCUT2D eigenvalue weighted by Gasteiger charge is -2.24. The minimum Gasteiger partial charge on any atom is -0.355 e. The summed E-state index contributed by atoms with van der Waals surface area (Å²) in [6, 6.07) is 78.0. The van der Waals surface area contributed by atoms with E-state index in [9.17, 15) is 5.26 Å². The zero-order chi connectivity index (χ0) is 47.3. The Morgan fingerprint density at radius 1 is 0.451 bits per heavy atom. The van der Waals surface area contributed by atoms with Crippen LogP contribution in [-0.2, 0) is 0 Å². The van der Waals surface area contributed by atoms with Crippen LogP contribution >= 0.6 is 0 Å². The maximum Gasteiger partial charge on any atom is 0.138 e. The molecule has 0 saturated heterocycles. The molecule has 14 rings (SSSR count). The van der Waals surface area contributed by atoms with Gasteiger partial charge in [-0.1, -0.05) is 121 Å². The van der Waals surface area contributed by atoms with Gasteiger partial charge in [0.25, 0.3) is 0 Å². The average molecular weight is 913 g/mol. The fourth-order valence-electron chi connectivity index (χ4n) is 11.4. The van der Waals surface area contributed by atoms with E-state index in [4.69, 9.17) is 4.98 Å². The monoisotopic (exact) mass is 912 g/mol. The molecule has 0 atom stereocenters. The van der Waals surface area contributed by atoms with E-state index in [1.807, 2.05) is 12.3 Å². The molecule has 5 heterocycles. The Bertz CT molecular complexity index is 4120. The largest absolute Gasteiger partial charge is 0.355 e. The molecular formula is C63H44N8. The number of benzene rings is 9. The molecule has 4 aromatic heterocycles. The van der Waals surface area contributed by atoms with Crippen molar-refractivity contribution < 1.29 is 0 Å². The van der Waals surface area contributed by atoms with Crippen LogP contribution < -0.4 is 14.7 Å². The third kappa shape index (κ3) is 6.06. The number of hydrogen-bond donors (Lipinski definition) is 0. The normalized spacial score (nSPS) is 12.5. The molecule has 0 aliphatic carbocycles. The van der Waals surface area contributed by atoms with Crippen molar-refractivity contribution in [2.24, 2.45) is 0 Å². The van der Waals surface area contributed by atoms with Crippen molar-refractivity contribution in [1.82, 2.24) is 18.7 Å². The van der Waals surface area contributed by atoms with E-state index < -0.39 is 0 Å². The smallest absolute Gasteiger partial charge is 0.138 e. The zero-order valence-corrected chi connectivity index (χ0v) is 39.1. The number of nitriles is 1. The summed E-state index contributed by atoms with van der Waals surface area (Å²) in [5.41, 5.74) is 16.1. The van der Waals surface area contributed by atoms with E-state index in [2.05, 4.69) is 255 Å². The van der Waals surface area contributed by atoms with Crippen molar-refractivity contribution in [3.8, 4) is 34.4 Å². The third-order valence-corrected chi connectivity index (χ3v) is 14.7. The van der Waals surface area contributed by atoms with Gasteiger partial charge in [-0.2, -0.15) is 5.26 Å². The maximum absolute atomic E-state index is 11.5. The highest BCUT2D eigenvalue weighted by Gasteiger charge is 2.27. The topological polar surface area (TPSA) is 61.2 Å². The third-order valence-electron chi connectivity index (χ3n) is 14.7. The summed E-state index contributed by atoms with van der Waals surface area (Å²) in [6.07, 6.45) is 1.92. The number of rotatable bonds is 7. The SMILES string of the molecule is CN1CN(c2cccc(N(C)c3ccc4c5ccccc5n(-c5cc(C#N)c(-c6c(-n7c8ccccc8c8ccccc87)cccc6-n6c7ccccc7c7ccccc76)cn5)c4c3)c2)c2ccccc21. The first-order valence-electron chi connectivity index (χ1n) is 24.0. The Morgan fingerprint density at radius 2 is 0.915 bits per heavy atom. The highest BCUT2D eigenvalue weighted by Crippen LogP contribution is 2.45. The molecule has 8 heteroatoms. The molecule has 71 heavy (non-hydrogen) atoms. The second-order valence-electron chi connectivity index (χ2n) is 18.5. The van der Waals surface area contributed by atoms with Crippen LogP contribution in [0.1, 0.15) is 5.56 Å². The molecule has 336 valence electrons. The van der Waals surface area contributed by atoms with E-state index in [1.165, 1.54) is 32.9 Å². The van der Waals surface area contributed by atoms with Crippen LogP contribution in [0.3, 0.4) is 0 Å². The molecule has 0 saturated carbocycles. The molecule has 0 bridgehead atoms. The number of fused-ring (bicyclic) bond motifs is 10. The van der Waals surface area contributed by atoms with Gasteiger partial charge in [-0.25, -0.2) is 4.98 Å². The van der Waals surface area contributed by atoms with Gasteiger partial charge >= 0.3 is 0 Å². The fraction of sp³-hybridized carbons (Fsp3) is 0.0476. The predicted molar refractivity (Wildman–Crippen MR) is 294 cm³/mol. The first-order valence-corrected chi connectivity index (χ1v) is 24.0. The predicted octanol–water partition coefficient (Wildman–Crippen LogP) is 15.2. The van der Waals surface area contributed by atoms with Gasteiger partial charge < -0.3 is 23.8 Å². The van der Waals surface area contributed by atoms with Gasteiger partial charge in [-0.3, -0.25) is 4.57 Å². The van der Waals surface area contributed by atoms with Crippen LogP contribution in [0.5, 0.6) is 0 Å². The number of pyridine rings is 1. The number of hydrogen-bond acceptors (Lipinski definition) is 5. The van der Waals surface area contributed by atoms with E-state index in [0.717, 1.165) is 90.1 Å². The van der Waals surface area contributed by atoms with Crippen LogP contribution in [0.4, 0.5) is 28.4 Å². The van der Waals surface area contributed by atoms with Crippen molar-refractivity contribution in [1.29, 1.82) is 5.26 Å². The van der Waals surface area contributed by atoms with Crippen LogP contribution in [0.25, 0.3) is 93.7 Å². The average Bonchev–Trinajstić information content (AvgIpc) is 4.16. The molecule has 13 aromatic rings. The first kappa shape index (κ1) is 40.5. The van der Waals surface area contributed by atoms with Crippen molar-refractivity contribution in [3.05, 3.63) is 224 Å². The molecule has 0 fully saturated rings. The highest BCUT2D eigenvalue weighted by atomic mass is 15.4. The van der Waals surface area contributed by atoms with Crippen molar-refractivity contribution in [2.75, 3.05) is 35.5 Å². The molecule has 0 radical (unpaired) electrons. The molecule has 9 aromatic carbocycles. The summed E-state index contributed by atoms with van der Waals surface area (Å²) >= 11 is 0. The Labute approximate surface area is 409 Å². The van der Waals surface area contributed by atoms with Crippen molar-refractivity contribution in [2.45, 2.75) is 0 Å². The Kier molecular flexibility index (Phi) is 8.97. The van der Waals surface area contributed by atoms with Gasteiger partial charge in [0.05, 0.1) is 74.2 Å². The summed E-state index contributed by atoms with van der Waals surface area (Å²) in [4.78, 5) is 12.3. The van der Waals surface area contributed by atoms with E-state index in [0.29, 0.717) is 11.4 Å². The molecule has 1 aliphatic heterocycles. The highest BCUT2D eigenvalue weighted by molar-refractivity contribution is 6.13. The van der Waals surface area contributed by atoms with Gasteiger partial charge in [-0.05, 0) is 91.0 Å². The van der Waals surface area contributed by atoms with E-state index in [-0.39, 0.29) is 0 Å². The van der Waals surface area contributed by atoms with Crippen molar-refractivity contribution in [3.63, 3.8) is 0 Å². The first-order chi connectivity index (χ1) is 35.0. The van der Waals surface area contributed by atoms with Gasteiger partial charge in [0.2, 0.25) is 0 Å². The minimum absolute atomic E-state index is 0.524. The van der Waals surface area contributed by atoms with Crippen LogP contribution in [0, 0.1) is 11.3 Å². The standard InChI is InChI=1S/C63H44N8/c1-66-40-68(58-30-14-13-29-57(58)66)44-18-15-17-42(36-44)67(2)43-33-34-50-49-23-7-12-28-56(49)71(61(50)37-43)62-35-41(38-64)51(39-65-62)63-59(69-52-24-8-3-19-45(52)46-20-4-9-25-53(46)69)31-16-32-60(63)70-54-26-10-5-21-47(54)48-22-6-11-27-55(48)70/h3-37,39H,40H2,1-2H3. The molecule has 0 N–H and O–H groups in total. The Morgan fingerprint density at radius 3 is 1.48 bits per heavy atom. The van der Waals surface area contributed by atoms with Crippen LogP contribution in [0.15, 0.2) is 219 Å².